The largest absolute Gasteiger partial charge is 0.489 e. The number of ether oxygens (including phenoxy) is 2. The molecule has 3 nitrogen and oxygen atoms in total. The van der Waals surface area contributed by atoms with Crippen LogP contribution in [0.3, 0.4) is 0 Å². The smallest absolute Gasteiger partial charge is 0.341 e. The molecular weight excluding hydrogens is 264 g/mol. The maximum Gasteiger partial charge on any atom is 0.341 e. The van der Waals surface area contributed by atoms with Gasteiger partial charge in [0.15, 0.2) is 0 Å². The van der Waals surface area contributed by atoms with E-state index in [1.54, 1.807) is 6.07 Å². The first kappa shape index (κ1) is 13.2. The summed E-state index contributed by atoms with van der Waals surface area (Å²) in [7, 11) is 1.42. The first-order valence-electron chi connectivity index (χ1n) is 8.08. The highest BCUT2D eigenvalue weighted by Gasteiger charge is 2.49. The molecule has 0 N–H and O–H groups in total. The normalized spacial score (nSPS) is 36.5. The van der Waals surface area contributed by atoms with Gasteiger partial charge in [0.25, 0.3) is 0 Å². The predicted octanol–water partition coefficient (Wildman–Crippen LogP) is 3.68. The van der Waals surface area contributed by atoms with Gasteiger partial charge in [-0.2, -0.15) is 0 Å². The number of hydrogen-bond acceptors (Lipinski definition) is 3. The second kappa shape index (κ2) is 5.04. The van der Waals surface area contributed by atoms with Crippen LogP contribution in [0.4, 0.5) is 0 Å². The van der Waals surface area contributed by atoms with E-state index < -0.39 is 0 Å². The van der Waals surface area contributed by atoms with Crippen LogP contribution in [0.5, 0.6) is 5.75 Å². The molecule has 0 saturated heterocycles. The lowest BCUT2D eigenvalue weighted by Gasteiger charge is -2.53. The van der Waals surface area contributed by atoms with Gasteiger partial charge in [0.05, 0.1) is 7.11 Å². The molecule has 4 fully saturated rings. The molecule has 5 rings (SSSR count). The van der Waals surface area contributed by atoms with E-state index in [0.29, 0.717) is 29.3 Å². The van der Waals surface area contributed by atoms with Crippen LogP contribution in [0.25, 0.3) is 0 Å². The van der Waals surface area contributed by atoms with Crippen LogP contribution in [0.2, 0.25) is 0 Å². The molecule has 0 atom stereocenters. The fourth-order valence-corrected chi connectivity index (χ4v) is 5.06. The van der Waals surface area contributed by atoms with Crippen molar-refractivity contribution in [1.82, 2.24) is 0 Å². The number of rotatable bonds is 3. The Hall–Kier alpha value is -1.51. The minimum atomic E-state index is -0.311. The Kier molecular flexibility index (Phi) is 3.16. The lowest BCUT2D eigenvalue weighted by Crippen LogP contribution is -2.50. The van der Waals surface area contributed by atoms with Crippen molar-refractivity contribution in [3.05, 3.63) is 29.8 Å². The molecule has 4 aliphatic rings. The fourth-order valence-electron chi connectivity index (χ4n) is 5.06. The van der Waals surface area contributed by atoms with Gasteiger partial charge >= 0.3 is 5.97 Å². The maximum atomic E-state index is 11.9. The summed E-state index contributed by atoms with van der Waals surface area (Å²) in [6.07, 6.45) is 7.01. The average molecular weight is 286 g/mol. The van der Waals surface area contributed by atoms with E-state index in [0.717, 1.165) is 11.8 Å². The Labute approximate surface area is 125 Å². The molecule has 1 aromatic carbocycles. The molecule has 0 radical (unpaired) electrons. The third kappa shape index (κ3) is 2.23. The molecule has 4 saturated carbocycles. The van der Waals surface area contributed by atoms with E-state index in [4.69, 9.17) is 9.47 Å². The van der Waals surface area contributed by atoms with Crippen LogP contribution in [-0.2, 0) is 4.74 Å². The van der Waals surface area contributed by atoms with Gasteiger partial charge in [0.2, 0.25) is 0 Å². The number of hydrogen-bond donors (Lipinski definition) is 0. The third-order valence-electron chi connectivity index (χ3n) is 5.70. The Morgan fingerprint density at radius 1 is 1.00 bits per heavy atom. The summed E-state index contributed by atoms with van der Waals surface area (Å²) in [5.41, 5.74) is 0.550. The van der Waals surface area contributed by atoms with Crippen molar-refractivity contribution < 1.29 is 14.3 Å². The van der Waals surface area contributed by atoms with Gasteiger partial charge in [0.1, 0.15) is 17.4 Å². The van der Waals surface area contributed by atoms with Gasteiger partial charge in [-0.25, -0.2) is 4.79 Å². The molecule has 21 heavy (non-hydrogen) atoms. The Morgan fingerprint density at radius 2 is 1.62 bits per heavy atom. The summed E-state index contributed by atoms with van der Waals surface area (Å²) in [5.74, 6) is 3.63. The minimum absolute atomic E-state index is 0.295. The van der Waals surface area contributed by atoms with Gasteiger partial charge in [-0.1, -0.05) is 12.1 Å². The van der Waals surface area contributed by atoms with Crippen molar-refractivity contribution in [3.8, 4) is 5.75 Å². The van der Waals surface area contributed by atoms with Crippen molar-refractivity contribution in [3.63, 3.8) is 0 Å². The van der Waals surface area contributed by atoms with Crippen LogP contribution in [0.15, 0.2) is 24.3 Å². The highest BCUT2D eigenvalue weighted by Crippen LogP contribution is 2.54. The number of para-hydroxylation sites is 1. The summed E-state index contributed by atoms with van der Waals surface area (Å²) in [6.45, 7) is 0. The Balaban J connectivity index is 1.58. The van der Waals surface area contributed by atoms with Gasteiger partial charge in [-0.05, 0) is 67.9 Å². The molecule has 0 spiro atoms. The standard InChI is InChI=1S/C18H22O3/c1-20-18(19)15-4-2-3-5-16(15)21-17-13-7-11-6-12(9-13)10-14(17)8-11/h2-5,11-14,17H,6-10H2,1H3. The molecule has 0 amide bonds. The number of carbonyl (C=O) groups is 1. The van der Waals surface area contributed by atoms with Gasteiger partial charge in [0, 0.05) is 0 Å². The highest BCUT2D eigenvalue weighted by atomic mass is 16.5. The van der Waals surface area contributed by atoms with Crippen molar-refractivity contribution in [2.24, 2.45) is 23.7 Å². The summed E-state index contributed by atoms with van der Waals surface area (Å²) >= 11 is 0. The van der Waals surface area contributed by atoms with Crippen LogP contribution < -0.4 is 4.74 Å². The molecular formula is C18H22O3. The summed E-state index contributed by atoms with van der Waals surface area (Å²) in [5, 5.41) is 0. The SMILES string of the molecule is COC(=O)c1ccccc1OC1C2CC3CC(C2)CC1C3. The van der Waals surface area contributed by atoms with E-state index in [9.17, 15) is 4.79 Å². The van der Waals surface area contributed by atoms with Crippen LogP contribution >= 0.6 is 0 Å². The topological polar surface area (TPSA) is 35.5 Å². The number of carbonyl (C=O) groups excluding carboxylic acids is 1. The molecule has 0 unspecified atom stereocenters. The van der Waals surface area contributed by atoms with E-state index in [1.807, 2.05) is 18.2 Å². The van der Waals surface area contributed by atoms with Gasteiger partial charge in [-0.15, -0.1) is 0 Å². The molecule has 0 aliphatic heterocycles. The van der Waals surface area contributed by atoms with Gasteiger partial charge in [-0.3, -0.25) is 0 Å². The van der Waals surface area contributed by atoms with E-state index in [-0.39, 0.29) is 5.97 Å². The Bertz CT molecular complexity index is 523. The number of methoxy groups -OCH3 is 1. The quantitative estimate of drug-likeness (QED) is 0.795. The summed E-state index contributed by atoms with van der Waals surface area (Å²) < 4.78 is 11.2. The maximum absolute atomic E-state index is 11.9. The first-order chi connectivity index (χ1) is 10.2. The van der Waals surface area contributed by atoms with Crippen molar-refractivity contribution >= 4 is 5.97 Å². The second-order valence-electron chi connectivity index (χ2n) is 7.00. The third-order valence-corrected chi connectivity index (χ3v) is 5.70. The van der Waals surface area contributed by atoms with Crippen molar-refractivity contribution in [1.29, 1.82) is 0 Å². The van der Waals surface area contributed by atoms with Gasteiger partial charge < -0.3 is 9.47 Å². The summed E-state index contributed by atoms with van der Waals surface area (Å²) in [6, 6.07) is 7.47. The molecule has 3 heteroatoms. The zero-order valence-electron chi connectivity index (χ0n) is 12.5. The summed E-state index contributed by atoms with van der Waals surface area (Å²) in [4.78, 5) is 11.9. The van der Waals surface area contributed by atoms with E-state index >= 15 is 0 Å². The minimum Gasteiger partial charge on any atom is -0.489 e. The molecule has 4 aliphatic carbocycles. The monoisotopic (exact) mass is 286 g/mol. The Morgan fingerprint density at radius 3 is 2.24 bits per heavy atom. The zero-order valence-corrected chi connectivity index (χ0v) is 12.5. The van der Waals surface area contributed by atoms with Crippen LogP contribution in [0.1, 0.15) is 42.5 Å². The first-order valence-corrected chi connectivity index (χ1v) is 8.08. The zero-order chi connectivity index (χ0) is 14.4. The van der Waals surface area contributed by atoms with Crippen molar-refractivity contribution in [2.75, 3.05) is 7.11 Å². The van der Waals surface area contributed by atoms with Crippen molar-refractivity contribution in [2.45, 2.75) is 38.2 Å². The van der Waals surface area contributed by atoms with E-state index in [2.05, 4.69) is 0 Å². The lowest BCUT2D eigenvalue weighted by molar-refractivity contribution is -0.0792. The predicted molar refractivity (Wildman–Crippen MR) is 79.2 cm³/mol. The average Bonchev–Trinajstić information content (AvgIpc) is 2.50. The molecule has 0 aromatic heterocycles. The number of esters is 1. The molecule has 112 valence electrons. The van der Waals surface area contributed by atoms with E-state index in [1.165, 1.54) is 39.2 Å². The van der Waals surface area contributed by atoms with Crippen LogP contribution in [-0.4, -0.2) is 19.2 Å². The molecule has 4 bridgehead atoms. The van der Waals surface area contributed by atoms with Crippen LogP contribution in [0, 0.1) is 23.7 Å². The number of benzene rings is 1. The molecule has 1 aromatic rings. The second-order valence-corrected chi connectivity index (χ2v) is 7.00. The molecule has 0 heterocycles. The lowest BCUT2D eigenvalue weighted by atomic mass is 9.55. The fraction of sp³-hybridized carbons (Fsp3) is 0.611. The highest BCUT2D eigenvalue weighted by molar-refractivity contribution is 5.92.